The monoisotopic (exact) mass is 331 g/mol. The van der Waals surface area contributed by atoms with Crippen molar-refractivity contribution in [3.05, 3.63) is 50.9 Å². The van der Waals surface area contributed by atoms with E-state index < -0.39 is 5.97 Å². The first kappa shape index (κ1) is 17.2. The Morgan fingerprint density at radius 3 is 2.26 bits per heavy atom. The molecule has 0 spiro atoms. The average Bonchev–Trinajstić information content (AvgIpc) is 2.69. The van der Waals surface area contributed by atoms with E-state index in [-0.39, 0.29) is 12.5 Å². The highest BCUT2D eigenvalue weighted by atomic mass is 32.1. The molecule has 0 fully saturated rings. The molecule has 0 radical (unpaired) electrons. The molecule has 0 atom stereocenters. The van der Waals surface area contributed by atoms with E-state index in [1.807, 2.05) is 39.8 Å². The first-order valence-electron chi connectivity index (χ1n) is 7.39. The molecule has 0 saturated heterocycles. The van der Waals surface area contributed by atoms with Crippen LogP contribution in [0.25, 0.3) is 0 Å². The minimum absolute atomic E-state index is 0.199. The molecule has 0 aliphatic heterocycles. The van der Waals surface area contributed by atoms with E-state index in [4.69, 9.17) is 4.74 Å². The molecule has 122 valence electrons. The summed E-state index contributed by atoms with van der Waals surface area (Å²) in [6, 6.07) is 6.08. The number of amides is 1. The normalized spacial score (nSPS) is 10.5. The predicted octanol–water partition coefficient (Wildman–Crippen LogP) is 4.30. The number of esters is 1. The molecular weight excluding hydrogens is 310 g/mol. The molecule has 0 aliphatic rings. The van der Waals surface area contributed by atoms with Crippen LogP contribution in [0.1, 0.15) is 44.4 Å². The minimum Gasteiger partial charge on any atom is -0.457 e. The largest absolute Gasteiger partial charge is 0.457 e. The second-order valence-corrected chi connectivity index (χ2v) is 6.97. The molecule has 1 amide bonds. The number of aryl methyl sites for hydroxylation is 3. The summed E-state index contributed by atoms with van der Waals surface area (Å²) in [7, 11) is 0. The maximum absolute atomic E-state index is 12.5. The first-order valence-corrected chi connectivity index (χ1v) is 8.21. The Bertz CT molecular complexity index is 742. The van der Waals surface area contributed by atoms with Crippen LogP contribution in [0.5, 0.6) is 0 Å². The Balaban J connectivity index is 2.19. The van der Waals surface area contributed by atoms with E-state index in [0.717, 1.165) is 27.1 Å². The molecule has 1 heterocycles. The maximum Gasteiger partial charge on any atom is 0.341 e. The summed E-state index contributed by atoms with van der Waals surface area (Å²) in [6.45, 7) is 9.46. The van der Waals surface area contributed by atoms with Crippen molar-refractivity contribution >= 4 is 28.2 Å². The van der Waals surface area contributed by atoms with Crippen molar-refractivity contribution in [1.82, 2.24) is 0 Å². The number of ether oxygens (including phenoxy) is 1. The highest BCUT2D eigenvalue weighted by molar-refractivity contribution is 7.16. The number of nitrogens with one attached hydrogen (secondary N) is 1. The number of rotatable bonds is 4. The molecule has 0 unspecified atom stereocenters. The first-order chi connectivity index (χ1) is 10.8. The van der Waals surface area contributed by atoms with Gasteiger partial charge in [-0.2, -0.15) is 0 Å². The van der Waals surface area contributed by atoms with Gasteiger partial charge in [0.25, 0.3) is 0 Å². The fraction of sp³-hybridized carbons (Fsp3) is 0.333. The summed E-state index contributed by atoms with van der Waals surface area (Å²) >= 11 is 1.39. The Morgan fingerprint density at radius 1 is 1.09 bits per heavy atom. The van der Waals surface area contributed by atoms with E-state index in [0.29, 0.717) is 10.6 Å². The Hall–Kier alpha value is -2.14. The van der Waals surface area contributed by atoms with Crippen LogP contribution in [0.3, 0.4) is 0 Å². The minimum atomic E-state index is -0.408. The molecule has 1 aromatic carbocycles. The number of thiophene rings is 1. The average molecular weight is 331 g/mol. The predicted molar refractivity (Wildman–Crippen MR) is 93.1 cm³/mol. The van der Waals surface area contributed by atoms with Crippen molar-refractivity contribution in [3.8, 4) is 0 Å². The third-order valence-electron chi connectivity index (χ3n) is 3.53. The van der Waals surface area contributed by atoms with E-state index in [1.54, 1.807) is 0 Å². The highest BCUT2D eigenvalue weighted by Crippen LogP contribution is 2.33. The fourth-order valence-electron chi connectivity index (χ4n) is 2.49. The van der Waals surface area contributed by atoms with Gasteiger partial charge in [-0.15, -0.1) is 11.3 Å². The zero-order chi connectivity index (χ0) is 17.1. The fourth-order valence-corrected chi connectivity index (χ4v) is 3.59. The van der Waals surface area contributed by atoms with Crippen molar-refractivity contribution in [2.75, 3.05) is 5.32 Å². The van der Waals surface area contributed by atoms with Crippen molar-refractivity contribution in [1.29, 1.82) is 0 Å². The Labute approximate surface area is 140 Å². The number of carbonyl (C=O) groups is 2. The van der Waals surface area contributed by atoms with Gasteiger partial charge in [-0.1, -0.05) is 29.3 Å². The molecule has 2 rings (SSSR count). The highest BCUT2D eigenvalue weighted by Gasteiger charge is 2.21. The quantitative estimate of drug-likeness (QED) is 0.850. The lowest BCUT2D eigenvalue weighted by molar-refractivity contribution is -0.114. The van der Waals surface area contributed by atoms with Crippen molar-refractivity contribution < 1.29 is 14.3 Å². The van der Waals surface area contributed by atoms with Crippen molar-refractivity contribution in [2.45, 2.75) is 41.2 Å². The second kappa shape index (κ2) is 6.96. The molecule has 2 aromatic rings. The number of hydrogen-bond acceptors (Lipinski definition) is 4. The maximum atomic E-state index is 12.5. The van der Waals surface area contributed by atoms with Gasteiger partial charge in [-0.25, -0.2) is 4.79 Å². The molecule has 0 bridgehead atoms. The topological polar surface area (TPSA) is 55.4 Å². The third-order valence-corrected chi connectivity index (χ3v) is 4.65. The number of carbonyl (C=O) groups excluding carboxylic acids is 2. The van der Waals surface area contributed by atoms with Gasteiger partial charge >= 0.3 is 5.97 Å². The van der Waals surface area contributed by atoms with Gasteiger partial charge in [0.2, 0.25) is 5.91 Å². The lowest BCUT2D eigenvalue weighted by Crippen LogP contribution is -2.12. The molecule has 0 saturated carbocycles. The van der Waals surface area contributed by atoms with Crippen LogP contribution in [0.4, 0.5) is 5.00 Å². The summed E-state index contributed by atoms with van der Waals surface area (Å²) in [5, 5.41) is 3.26. The summed E-state index contributed by atoms with van der Waals surface area (Å²) in [4.78, 5) is 24.8. The van der Waals surface area contributed by atoms with Crippen LogP contribution in [0.15, 0.2) is 18.2 Å². The van der Waals surface area contributed by atoms with Crippen LogP contribution in [-0.2, 0) is 16.1 Å². The molecule has 5 heteroatoms. The van der Waals surface area contributed by atoms with Crippen molar-refractivity contribution in [3.63, 3.8) is 0 Å². The summed E-state index contributed by atoms with van der Waals surface area (Å²) in [6.07, 6.45) is 0. The van der Waals surface area contributed by atoms with Crippen LogP contribution in [0.2, 0.25) is 0 Å². The van der Waals surface area contributed by atoms with E-state index >= 15 is 0 Å². The van der Waals surface area contributed by atoms with Crippen LogP contribution < -0.4 is 5.32 Å². The number of anilines is 1. The summed E-state index contributed by atoms with van der Waals surface area (Å²) < 4.78 is 5.46. The zero-order valence-corrected chi connectivity index (χ0v) is 14.9. The molecule has 0 aliphatic carbocycles. The van der Waals surface area contributed by atoms with E-state index in [2.05, 4.69) is 11.4 Å². The van der Waals surface area contributed by atoms with Crippen LogP contribution in [0, 0.1) is 27.7 Å². The van der Waals surface area contributed by atoms with Gasteiger partial charge in [-0.05, 0) is 38.8 Å². The van der Waals surface area contributed by atoms with Crippen molar-refractivity contribution in [2.24, 2.45) is 0 Å². The smallest absolute Gasteiger partial charge is 0.341 e. The van der Waals surface area contributed by atoms with Crippen LogP contribution >= 0.6 is 11.3 Å². The van der Waals surface area contributed by atoms with Gasteiger partial charge in [0.15, 0.2) is 0 Å². The van der Waals surface area contributed by atoms with Gasteiger partial charge in [0.1, 0.15) is 11.6 Å². The Kier molecular flexibility index (Phi) is 5.21. The van der Waals surface area contributed by atoms with Gasteiger partial charge in [0.05, 0.1) is 5.56 Å². The van der Waals surface area contributed by atoms with E-state index in [9.17, 15) is 9.59 Å². The summed E-state index contributed by atoms with van der Waals surface area (Å²) in [5.41, 5.74) is 4.54. The third kappa shape index (κ3) is 4.20. The van der Waals surface area contributed by atoms with Crippen LogP contribution in [-0.4, -0.2) is 11.9 Å². The second-order valence-electron chi connectivity index (χ2n) is 5.74. The molecule has 1 N–H and O–H groups in total. The SMILES string of the molecule is CC(=O)Nc1sc(C)c(C)c1C(=O)OCc1cc(C)cc(C)c1. The number of hydrogen-bond donors (Lipinski definition) is 1. The van der Waals surface area contributed by atoms with Gasteiger partial charge in [-0.3, -0.25) is 4.79 Å². The van der Waals surface area contributed by atoms with Gasteiger partial charge in [0, 0.05) is 11.8 Å². The van der Waals surface area contributed by atoms with Gasteiger partial charge < -0.3 is 10.1 Å². The number of benzene rings is 1. The molecule has 1 aromatic heterocycles. The molecular formula is C18H21NO3S. The zero-order valence-electron chi connectivity index (χ0n) is 14.1. The summed E-state index contributed by atoms with van der Waals surface area (Å²) in [5.74, 6) is -0.607. The Morgan fingerprint density at radius 2 is 1.70 bits per heavy atom. The lowest BCUT2D eigenvalue weighted by atomic mass is 10.1. The molecule has 23 heavy (non-hydrogen) atoms. The standard InChI is InChI=1S/C18H21NO3S/c1-10-6-11(2)8-15(7-10)9-22-18(21)16-12(3)13(4)23-17(16)19-14(5)20/h6-8H,9H2,1-5H3,(H,19,20). The molecule has 4 nitrogen and oxygen atoms in total. The lowest BCUT2D eigenvalue weighted by Gasteiger charge is -2.09. The van der Waals surface area contributed by atoms with E-state index in [1.165, 1.54) is 18.3 Å².